The molecule has 6 rings (SSSR count). The van der Waals surface area contributed by atoms with E-state index < -0.39 is 64.6 Å². The molecule has 0 spiro atoms. The quantitative estimate of drug-likeness (QED) is 0.0921. The number of aromatic nitrogens is 1. The summed E-state index contributed by atoms with van der Waals surface area (Å²) in [6, 6.07) is 0. The van der Waals surface area contributed by atoms with Gasteiger partial charge >= 0.3 is 6.09 Å². The van der Waals surface area contributed by atoms with Gasteiger partial charge in [0.15, 0.2) is 23.3 Å². The van der Waals surface area contributed by atoms with Crippen molar-refractivity contribution in [2.45, 2.75) is 121 Å². The van der Waals surface area contributed by atoms with Gasteiger partial charge in [0, 0.05) is 12.8 Å². The van der Waals surface area contributed by atoms with E-state index in [9.17, 15) is 37.0 Å². The van der Waals surface area contributed by atoms with Crippen LogP contribution in [0.15, 0.2) is 58.2 Å². The topological polar surface area (TPSA) is 105 Å². The third-order valence-corrected chi connectivity index (χ3v) is 11.9. The molecule has 0 radical (unpaired) electrons. The first-order valence-corrected chi connectivity index (χ1v) is 18.3. The molecule has 7 nitrogen and oxygen atoms in total. The molecule has 282 valence electrons. The Balaban J connectivity index is 1.21. The van der Waals surface area contributed by atoms with E-state index in [1.807, 2.05) is 12.2 Å². The van der Waals surface area contributed by atoms with Gasteiger partial charge in [0.05, 0.1) is 23.8 Å². The number of oxazole rings is 1. The van der Waals surface area contributed by atoms with Crippen molar-refractivity contribution in [3.05, 3.63) is 94.5 Å². The van der Waals surface area contributed by atoms with Crippen molar-refractivity contribution in [1.29, 1.82) is 0 Å². The van der Waals surface area contributed by atoms with Crippen LogP contribution in [0.2, 0.25) is 0 Å². The Morgan fingerprint density at radius 3 is 2.50 bits per heavy atom. The fourth-order valence-corrected chi connectivity index (χ4v) is 8.62. The molecule has 6 atom stereocenters. The number of aryl methyl sites for hydroxylation is 1. The summed E-state index contributed by atoms with van der Waals surface area (Å²) in [5, 5.41) is 22.2. The maximum absolute atomic E-state index is 14.4. The number of halogens is 5. The van der Waals surface area contributed by atoms with Crippen molar-refractivity contribution in [1.82, 2.24) is 4.98 Å². The number of rotatable bonds is 11. The SMILES string of the molecule is C=C1/C(=C\C=C2/CCCC3(C)C(C/C=C/C(OC(=O)Nc4c(F)c(F)c(F)c(F)c4F)C4(c5ncc(CCCC)o5)CC4)CCC23)C[C@@H](O)C[C@@H]1O. The molecule has 1 heterocycles. The highest BCUT2D eigenvalue weighted by molar-refractivity contribution is 5.85. The number of fused-ring (bicyclic) bond motifs is 1. The third kappa shape index (κ3) is 7.38. The predicted octanol–water partition coefficient (Wildman–Crippen LogP) is 9.45. The number of aliphatic hydroxyl groups excluding tert-OH is 2. The monoisotopic (exact) mass is 730 g/mol. The molecule has 4 aliphatic rings. The Labute approximate surface area is 300 Å². The van der Waals surface area contributed by atoms with Crippen LogP contribution < -0.4 is 5.32 Å². The summed E-state index contributed by atoms with van der Waals surface area (Å²) in [5.41, 5.74) is 0.535. The van der Waals surface area contributed by atoms with E-state index in [1.54, 1.807) is 17.6 Å². The summed E-state index contributed by atoms with van der Waals surface area (Å²) in [5.74, 6) is -9.33. The van der Waals surface area contributed by atoms with Gasteiger partial charge in [-0.1, -0.05) is 50.6 Å². The zero-order valence-corrected chi connectivity index (χ0v) is 29.6. The van der Waals surface area contributed by atoms with Gasteiger partial charge in [-0.15, -0.1) is 0 Å². The van der Waals surface area contributed by atoms with E-state index in [0.717, 1.165) is 50.5 Å². The van der Waals surface area contributed by atoms with Crippen LogP contribution in [-0.4, -0.2) is 39.6 Å². The lowest BCUT2D eigenvalue weighted by Crippen LogP contribution is -2.34. The largest absolute Gasteiger partial charge is 0.445 e. The van der Waals surface area contributed by atoms with E-state index in [0.29, 0.717) is 67.6 Å². The third-order valence-electron chi connectivity index (χ3n) is 11.9. The number of benzene rings is 1. The Bertz CT molecular complexity index is 1750. The fraction of sp³-hybridized carbons (Fsp3) is 0.550. The maximum atomic E-state index is 14.4. The number of ether oxygens (including phenoxy) is 1. The van der Waals surface area contributed by atoms with Gasteiger partial charge < -0.3 is 19.4 Å². The molecule has 0 aliphatic heterocycles. The molecule has 0 bridgehead atoms. The second kappa shape index (κ2) is 15.3. The highest BCUT2D eigenvalue weighted by Gasteiger charge is 2.56. The van der Waals surface area contributed by atoms with E-state index in [1.165, 1.54) is 5.57 Å². The summed E-state index contributed by atoms with van der Waals surface area (Å²) < 4.78 is 82.0. The lowest BCUT2D eigenvalue weighted by Gasteiger charge is -2.42. The second-order valence-electron chi connectivity index (χ2n) is 15.2. The van der Waals surface area contributed by atoms with Crippen molar-refractivity contribution in [2.75, 3.05) is 5.32 Å². The minimum atomic E-state index is -2.33. The number of nitrogens with one attached hydrogen (secondary N) is 1. The van der Waals surface area contributed by atoms with Crippen LogP contribution in [0.3, 0.4) is 0 Å². The number of carbonyl (C=O) groups is 1. The zero-order valence-electron chi connectivity index (χ0n) is 29.6. The maximum Gasteiger partial charge on any atom is 0.412 e. The van der Waals surface area contributed by atoms with Crippen molar-refractivity contribution in [3.8, 4) is 0 Å². The Hall–Kier alpha value is -3.77. The average molecular weight is 731 g/mol. The van der Waals surface area contributed by atoms with E-state index in [4.69, 9.17) is 9.15 Å². The second-order valence-corrected chi connectivity index (χ2v) is 15.2. The number of carbonyl (C=O) groups excluding carboxylic acids is 1. The summed E-state index contributed by atoms with van der Waals surface area (Å²) >= 11 is 0. The number of nitrogens with zero attached hydrogens (tertiary/aromatic N) is 1. The molecule has 52 heavy (non-hydrogen) atoms. The lowest BCUT2D eigenvalue weighted by atomic mass is 9.63. The van der Waals surface area contributed by atoms with Gasteiger partial charge in [-0.25, -0.2) is 31.7 Å². The van der Waals surface area contributed by atoms with Gasteiger partial charge in [0.25, 0.3) is 0 Å². The van der Waals surface area contributed by atoms with E-state index >= 15 is 0 Å². The Morgan fingerprint density at radius 1 is 1.10 bits per heavy atom. The molecular formula is C40H47F5N2O5. The van der Waals surface area contributed by atoms with Crippen LogP contribution in [0.5, 0.6) is 0 Å². The first-order chi connectivity index (χ1) is 24.8. The Morgan fingerprint density at radius 2 is 1.81 bits per heavy atom. The highest BCUT2D eigenvalue weighted by atomic mass is 19.2. The number of allylic oxidation sites excluding steroid dienone is 4. The molecule has 12 heteroatoms. The number of hydrogen-bond donors (Lipinski definition) is 3. The van der Waals surface area contributed by atoms with Crippen molar-refractivity contribution in [3.63, 3.8) is 0 Å². The minimum absolute atomic E-state index is 0.00303. The molecular weight excluding hydrogens is 683 g/mol. The number of aliphatic hydroxyl groups is 2. The van der Waals surface area contributed by atoms with Gasteiger partial charge in [0.1, 0.15) is 17.6 Å². The minimum Gasteiger partial charge on any atom is -0.445 e. The number of anilines is 1. The van der Waals surface area contributed by atoms with E-state index in [2.05, 4.69) is 31.5 Å². The molecule has 1 aromatic carbocycles. The molecule has 1 amide bonds. The molecule has 1 aromatic heterocycles. The lowest BCUT2D eigenvalue weighted by molar-refractivity contribution is 0.0862. The first kappa shape index (κ1) is 38.0. The van der Waals surface area contributed by atoms with Crippen LogP contribution in [0.1, 0.15) is 103 Å². The normalized spacial score (nSPS) is 29.1. The Kier molecular flexibility index (Phi) is 11.2. The molecule has 4 saturated carbocycles. The molecule has 3 N–H and O–H groups in total. The zero-order chi connectivity index (χ0) is 37.4. The first-order valence-electron chi connectivity index (χ1n) is 18.3. The number of amides is 1. The summed E-state index contributed by atoms with van der Waals surface area (Å²) in [6.07, 6.45) is 15.8. The van der Waals surface area contributed by atoms with Gasteiger partial charge in [-0.05, 0) is 98.7 Å². The van der Waals surface area contributed by atoms with Crippen LogP contribution in [0, 0.1) is 46.3 Å². The molecule has 4 fully saturated rings. The van der Waals surface area contributed by atoms with Crippen LogP contribution >= 0.6 is 0 Å². The van der Waals surface area contributed by atoms with Crippen molar-refractivity contribution < 1.29 is 46.1 Å². The summed E-state index contributed by atoms with van der Waals surface area (Å²) in [7, 11) is 0. The average Bonchev–Trinajstić information content (AvgIpc) is 3.66. The van der Waals surface area contributed by atoms with Gasteiger partial charge in [0.2, 0.25) is 11.7 Å². The predicted molar refractivity (Wildman–Crippen MR) is 185 cm³/mol. The van der Waals surface area contributed by atoms with Crippen molar-refractivity contribution >= 4 is 11.8 Å². The molecule has 2 aromatic rings. The van der Waals surface area contributed by atoms with Gasteiger partial charge in [-0.2, -0.15) is 0 Å². The van der Waals surface area contributed by atoms with Crippen LogP contribution in [0.4, 0.5) is 32.4 Å². The highest BCUT2D eigenvalue weighted by Crippen LogP contribution is 2.59. The molecule has 4 unspecified atom stereocenters. The smallest absolute Gasteiger partial charge is 0.412 e. The summed E-state index contributed by atoms with van der Waals surface area (Å²) in [6.45, 7) is 8.41. The molecule has 0 saturated heterocycles. The number of unbranched alkanes of at least 4 members (excludes halogenated alkanes) is 1. The van der Waals surface area contributed by atoms with Crippen LogP contribution in [0.25, 0.3) is 0 Å². The number of hydrogen-bond acceptors (Lipinski definition) is 6. The fourth-order valence-electron chi connectivity index (χ4n) is 8.62. The van der Waals surface area contributed by atoms with Crippen molar-refractivity contribution in [2.24, 2.45) is 17.3 Å². The van der Waals surface area contributed by atoms with Crippen LogP contribution in [-0.2, 0) is 16.6 Å². The standard InChI is InChI=1S/C40H47F5N2O5/c1-4-5-10-27-21-46-37(51-27)40(17-18-40)30(52-38(50)47-36-34(44)32(42)31(41)33(43)35(36)45)11-6-9-25-14-15-28-23(8-7-16-39(25,28)3)12-13-24-19-26(48)20-29(49)22(24)2/h6,11-13,21,25-26,28-30,48-49H,2,4-5,7-10,14-20H2,1,3H3,(H,47,50)/b11-6+,23-12+,24-13-/t25?,26-,28?,29+,30?,39?/m1/s1. The summed E-state index contributed by atoms with van der Waals surface area (Å²) in [4.78, 5) is 17.6. The molecule has 4 aliphatic carbocycles. The van der Waals surface area contributed by atoms with E-state index in [-0.39, 0.29) is 5.41 Å². The van der Waals surface area contributed by atoms with Gasteiger partial charge in [-0.3, -0.25) is 5.32 Å².